The summed E-state index contributed by atoms with van der Waals surface area (Å²) in [5, 5.41) is 6.00. The fraction of sp³-hybridized carbons (Fsp3) is 0.231. The van der Waals surface area contributed by atoms with Gasteiger partial charge < -0.3 is 16.4 Å². The molecule has 0 amide bonds. The van der Waals surface area contributed by atoms with Crippen LogP contribution in [0, 0.1) is 5.82 Å². The van der Waals surface area contributed by atoms with E-state index in [1.165, 1.54) is 6.07 Å². The average molecular weight is 340 g/mol. The van der Waals surface area contributed by atoms with Crippen molar-refractivity contribution in [3.8, 4) is 0 Å². The number of anilines is 4. The zero-order valence-electron chi connectivity index (χ0n) is 11.0. The van der Waals surface area contributed by atoms with Crippen LogP contribution in [0.4, 0.5) is 27.7 Å². The van der Waals surface area contributed by atoms with E-state index >= 15 is 0 Å². The summed E-state index contributed by atoms with van der Waals surface area (Å²) in [5.41, 5.74) is 5.97. The highest BCUT2D eigenvalue weighted by molar-refractivity contribution is 9.10. The van der Waals surface area contributed by atoms with Crippen molar-refractivity contribution in [3.05, 3.63) is 34.6 Å². The van der Waals surface area contributed by atoms with Crippen molar-refractivity contribution in [2.24, 2.45) is 0 Å². The first kappa shape index (κ1) is 14.5. The molecule has 1 aromatic heterocycles. The Bertz CT molecular complexity index is 605. The normalized spacial score (nSPS) is 10.3. The molecule has 2 aromatic rings. The Morgan fingerprint density at radius 2 is 2.00 bits per heavy atom. The summed E-state index contributed by atoms with van der Waals surface area (Å²) in [5.74, 6) is 0.808. The van der Waals surface area contributed by atoms with Crippen LogP contribution in [0.1, 0.15) is 13.3 Å². The second-order valence-electron chi connectivity index (χ2n) is 4.17. The van der Waals surface area contributed by atoms with Gasteiger partial charge in [0.25, 0.3) is 0 Å². The molecule has 20 heavy (non-hydrogen) atoms. The van der Waals surface area contributed by atoms with E-state index in [2.05, 4.69) is 36.5 Å². The predicted octanol–water partition coefficient (Wildman–Crippen LogP) is 3.53. The van der Waals surface area contributed by atoms with Gasteiger partial charge in [0.15, 0.2) is 0 Å². The predicted molar refractivity (Wildman–Crippen MR) is 82.6 cm³/mol. The van der Waals surface area contributed by atoms with Gasteiger partial charge in [-0.15, -0.1) is 0 Å². The van der Waals surface area contributed by atoms with Crippen molar-refractivity contribution in [1.29, 1.82) is 0 Å². The van der Waals surface area contributed by atoms with E-state index in [0.29, 0.717) is 21.8 Å². The fourth-order valence-corrected chi connectivity index (χ4v) is 1.94. The summed E-state index contributed by atoms with van der Waals surface area (Å²) in [6, 6.07) is 6.43. The van der Waals surface area contributed by atoms with E-state index < -0.39 is 0 Å². The number of aromatic nitrogens is 2. The number of nitrogens with two attached hydrogens (primary N) is 1. The third-order valence-corrected chi connectivity index (χ3v) is 2.99. The molecule has 7 heteroatoms. The van der Waals surface area contributed by atoms with Crippen molar-refractivity contribution in [2.75, 3.05) is 22.9 Å². The van der Waals surface area contributed by atoms with Gasteiger partial charge in [0.05, 0.1) is 5.69 Å². The van der Waals surface area contributed by atoms with Crippen LogP contribution in [0.25, 0.3) is 0 Å². The molecule has 0 fully saturated rings. The molecule has 106 valence electrons. The van der Waals surface area contributed by atoms with Crippen molar-refractivity contribution >= 4 is 39.2 Å². The maximum absolute atomic E-state index is 13.8. The SMILES string of the molecule is CCCNc1cc(Nc2ccc(Br)cc2F)nc(N)n1. The van der Waals surface area contributed by atoms with E-state index in [0.717, 1.165) is 13.0 Å². The minimum absolute atomic E-state index is 0.131. The first-order chi connectivity index (χ1) is 9.58. The van der Waals surface area contributed by atoms with E-state index in [9.17, 15) is 4.39 Å². The van der Waals surface area contributed by atoms with Crippen molar-refractivity contribution in [1.82, 2.24) is 9.97 Å². The molecule has 0 atom stereocenters. The fourth-order valence-electron chi connectivity index (χ4n) is 1.60. The third-order valence-electron chi connectivity index (χ3n) is 2.49. The standard InChI is InChI=1S/C13H15BrFN5/c1-2-5-17-11-7-12(20-13(16)19-11)18-10-4-3-8(14)6-9(10)15/h3-4,6-7H,2,5H2,1H3,(H4,16,17,18,19,20). The van der Waals surface area contributed by atoms with Crippen LogP contribution < -0.4 is 16.4 Å². The van der Waals surface area contributed by atoms with Gasteiger partial charge in [0.2, 0.25) is 5.95 Å². The molecular formula is C13H15BrFN5. The van der Waals surface area contributed by atoms with Gasteiger partial charge in [0.1, 0.15) is 17.5 Å². The van der Waals surface area contributed by atoms with E-state index in [-0.39, 0.29) is 11.8 Å². The lowest BCUT2D eigenvalue weighted by atomic mass is 10.3. The van der Waals surface area contributed by atoms with Gasteiger partial charge in [-0.25, -0.2) is 4.39 Å². The topological polar surface area (TPSA) is 75.9 Å². The largest absolute Gasteiger partial charge is 0.370 e. The number of benzene rings is 1. The van der Waals surface area contributed by atoms with Crippen LogP contribution in [0.15, 0.2) is 28.7 Å². The number of hydrogen-bond donors (Lipinski definition) is 3. The Morgan fingerprint density at radius 1 is 1.25 bits per heavy atom. The van der Waals surface area contributed by atoms with Crippen molar-refractivity contribution < 1.29 is 4.39 Å². The number of nitrogens with zero attached hydrogens (tertiary/aromatic N) is 2. The van der Waals surface area contributed by atoms with Gasteiger partial charge in [0, 0.05) is 17.1 Å². The van der Waals surface area contributed by atoms with Crippen molar-refractivity contribution in [2.45, 2.75) is 13.3 Å². The summed E-state index contributed by atoms with van der Waals surface area (Å²) < 4.78 is 14.4. The minimum atomic E-state index is -0.375. The van der Waals surface area contributed by atoms with Crippen LogP contribution in [0.5, 0.6) is 0 Å². The molecule has 0 saturated carbocycles. The molecule has 5 nitrogen and oxygen atoms in total. The first-order valence-electron chi connectivity index (χ1n) is 6.19. The van der Waals surface area contributed by atoms with Crippen LogP contribution >= 0.6 is 15.9 Å². The highest BCUT2D eigenvalue weighted by atomic mass is 79.9. The van der Waals surface area contributed by atoms with Crippen LogP contribution in [0.2, 0.25) is 0 Å². The Balaban J connectivity index is 2.21. The molecule has 2 rings (SSSR count). The van der Waals surface area contributed by atoms with Gasteiger partial charge in [-0.2, -0.15) is 9.97 Å². The highest BCUT2D eigenvalue weighted by Gasteiger charge is 2.06. The number of nitrogen functional groups attached to an aromatic ring is 1. The zero-order valence-corrected chi connectivity index (χ0v) is 12.5. The van der Waals surface area contributed by atoms with E-state index in [1.54, 1.807) is 18.2 Å². The van der Waals surface area contributed by atoms with E-state index in [4.69, 9.17) is 5.73 Å². The summed E-state index contributed by atoms with van der Waals surface area (Å²) in [7, 11) is 0. The Labute approximate surface area is 124 Å². The maximum atomic E-state index is 13.8. The maximum Gasteiger partial charge on any atom is 0.223 e. The van der Waals surface area contributed by atoms with Gasteiger partial charge in [-0.05, 0) is 24.6 Å². The summed E-state index contributed by atoms with van der Waals surface area (Å²) in [6.45, 7) is 2.83. The summed E-state index contributed by atoms with van der Waals surface area (Å²) >= 11 is 3.21. The Morgan fingerprint density at radius 3 is 2.70 bits per heavy atom. The summed E-state index contributed by atoms with van der Waals surface area (Å²) in [4.78, 5) is 8.10. The monoisotopic (exact) mass is 339 g/mol. The molecule has 0 aliphatic heterocycles. The highest BCUT2D eigenvalue weighted by Crippen LogP contribution is 2.23. The zero-order chi connectivity index (χ0) is 14.5. The third kappa shape index (κ3) is 3.80. The lowest BCUT2D eigenvalue weighted by Gasteiger charge is -2.10. The van der Waals surface area contributed by atoms with Crippen LogP contribution in [-0.2, 0) is 0 Å². The lowest BCUT2D eigenvalue weighted by Crippen LogP contribution is -2.07. The molecule has 0 radical (unpaired) electrons. The second-order valence-corrected chi connectivity index (χ2v) is 5.09. The molecule has 0 bridgehead atoms. The van der Waals surface area contributed by atoms with Crippen molar-refractivity contribution in [3.63, 3.8) is 0 Å². The van der Waals surface area contributed by atoms with Crippen LogP contribution in [0.3, 0.4) is 0 Å². The molecule has 0 saturated heterocycles. The molecule has 1 heterocycles. The number of hydrogen-bond acceptors (Lipinski definition) is 5. The van der Waals surface area contributed by atoms with Gasteiger partial charge in [-0.1, -0.05) is 22.9 Å². The van der Waals surface area contributed by atoms with Gasteiger partial charge in [-0.3, -0.25) is 0 Å². The molecule has 0 unspecified atom stereocenters. The Kier molecular flexibility index (Phi) is 4.73. The molecule has 4 N–H and O–H groups in total. The van der Waals surface area contributed by atoms with E-state index in [1.807, 2.05) is 6.92 Å². The van der Waals surface area contributed by atoms with Gasteiger partial charge >= 0.3 is 0 Å². The van der Waals surface area contributed by atoms with Crippen LogP contribution in [-0.4, -0.2) is 16.5 Å². The molecule has 0 aliphatic carbocycles. The summed E-state index contributed by atoms with van der Waals surface area (Å²) in [6.07, 6.45) is 0.966. The molecule has 1 aromatic carbocycles. The Hall–Kier alpha value is -1.89. The minimum Gasteiger partial charge on any atom is -0.370 e. The average Bonchev–Trinajstić information content (AvgIpc) is 2.39. The number of nitrogens with one attached hydrogen (secondary N) is 2. The second kappa shape index (κ2) is 6.51. The molecule has 0 spiro atoms. The first-order valence-corrected chi connectivity index (χ1v) is 6.98. The molecular weight excluding hydrogens is 325 g/mol. The molecule has 0 aliphatic rings. The quantitative estimate of drug-likeness (QED) is 0.776. The number of halogens is 2. The smallest absolute Gasteiger partial charge is 0.223 e. The lowest BCUT2D eigenvalue weighted by molar-refractivity contribution is 0.631. The number of rotatable bonds is 5.